The molecule has 1 aromatic heterocycles. The minimum absolute atomic E-state index is 0.00401. The maximum Gasteiger partial charge on any atom is 0.417 e. The number of oxazole rings is 1. The summed E-state index contributed by atoms with van der Waals surface area (Å²) in [4.78, 5) is 29.2. The second kappa shape index (κ2) is 7.22. The zero-order valence-electron chi connectivity index (χ0n) is 14.8. The lowest BCUT2D eigenvalue weighted by molar-refractivity contribution is -0.129. The maximum absolute atomic E-state index is 12.9. The van der Waals surface area contributed by atoms with Gasteiger partial charge in [0.05, 0.1) is 17.0 Å². The Labute approximate surface area is 151 Å². The topological polar surface area (TPSA) is 107 Å². The molecule has 10 heteroatoms. The number of aromatic amines is 1. The van der Waals surface area contributed by atoms with Gasteiger partial charge in [0.2, 0.25) is 15.9 Å². The molecule has 0 bridgehead atoms. The van der Waals surface area contributed by atoms with E-state index in [-0.39, 0.29) is 17.3 Å². The number of H-pyrrole nitrogens is 1. The summed E-state index contributed by atoms with van der Waals surface area (Å²) in [7, 11) is -0.285. The number of fused-ring (bicyclic) bond motifs is 1. The first kappa shape index (κ1) is 18.6. The molecule has 0 unspecified atom stereocenters. The molecule has 1 aliphatic heterocycles. The van der Waals surface area contributed by atoms with Crippen LogP contribution in [0.4, 0.5) is 0 Å². The number of aromatic nitrogens is 1. The smallest absolute Gasteiger partial charge is 0.408 e. The third-order valence-electron chi connectivity index (χ3n) is 4.43. The monoisotopic (exact) mass is 382 g/mol. The van der Waals surface area contributed by atoms with Crippen LogP contribution < -0.4 is 5.76 Å². The number of amides is 1. The summed E-state index contributed by atoms with van der Waals surface area (Å²) in [5.74, 6) is -0.624. The van der Waals surface area contributed by atoms with Crippen molar-refractivity contribution in [2.45, 2.75) is 11.3 Å². The Morgan fingerprint density at radius 1 is 1.23 bits per heavy atom. The van der Waals surface area contributed by atoms with Gasteiger partial charge in [-0.15, -0.1) is 0 Å². The number of carbonyl (C=O) groups excluding carboxylic acids is 1. The van der Waals surface area contributed by atoms with E-state index in [9.17, 15) is 18.0 Å². The summed E-state index contributed by atoms with van der Waals surface area (Å²) < 4.78 is 32.2. The average Bonchev–Trinajstić information content (AvgIpc) is 2.79. The second-order valence-corrected chi connectivity index (χ2v) is 8.43. The van der Waals surface area contributed by atoms with Crippen molar-refractivity contribution in [3.63, 3.8) is 0 Å². The van der Waals surface area contributed by atoms with Crippen molar-refractivity contribution in [3.8, 4) is 0 Å². The van der Waals surface area contributed by atoms with E-state index in [1.807, 2.05) is 4.90 Å². The van der Waals surface area contributed by atoms with Gasteiger partial charge in [-0.25, -0.2) is 13.2 Å². The average molecular weight is 382 g/mol. The van der Waals surface area contributed by atoms with Crippen molar-refractivity contribution in [2.24, 2.45) is 0 Å². The fourth-order valence-corrected chi connectivity index (χ4v) is 4.42. The molecule has 9 nitrogen and oxygen atoms in total. The van der Waals surface area contributed by atoms with Crippen LogP contribution in [-0.2, 0) is 14.8 Å². The van der Waals surface area contributed by atoms with Gasteiger partial charge in [0.1, 0.15) is 0 Å². The van der Waals surface area contributed by atoms with E-state index >= 15 is 0 Å². The van der Waals surface area contributed by atoms with Gasteiger partial charge < -0.3 is 9.32 Å². The van der Waals surface area contributed by atoms with Crippen molar-refractivity contribution >= 4 is 27.0 Å². The first-order chi connectivity index (χ1) is 12.3. The Hall–Kier alpha value is -2.17. The summed E-state index contributed by atoms with van der Waals surface area (Å²) in [6.45, 7) is 2.13. The van der Waals surface area contributed by atoms with Crippen LogP contribution in [0.2, 0.25) is 0 Å². The lowest BCUT2D eigenvalue weighted by Gasteiger charge is -2.22. The first-order valence-corrected chi connectivity index (χ1v) is 9.77. The summed E-state index contributed by atoms with van der Waals surface area (Å²) in [6.07, 6.45) is 0.644. The molecule has 1 N–H and O–H groups in total. The third-order valence-corrected chi connectivity index (χ3v) is 6.33. The van der Waals surface area contributed by atoms with Gasteiger partial charge in [-0.2, -0.15) is 4.31 Å². The molecular weight excluding hydrogens is 360 g/mol. The van der Waals surface area contributed by atoms with Crippen LogP contribution in [0.25, 0.3) is 11.1 Å². The van der Waals surface area contributed by atoms with Gasteiger partial charge in [-0.1, -0.05) is 0 Å². The minimum Gasteiger partial charge on any atom is -0.408 e. The summed E-state index contributed by atoms with van der Waals surface area (Å²) >= 11 is 0. The maximum atomic E-state index is 12.9. The molecule has 1 saturated heterocycles. The van der Waals surface area contributed by atoms with E-state index < -0.39 is 15.8 Å². The van der Waals surface area contributed by atoms with Crippen LogP contribution in [0.1, 0.15) is 6.42 Å². The molecule has 1 aliphatic rings. The molecular formula is C16H22N4O5S. The van der Waals surface area contributed by atoms with E-state index in [4.69, 9.17) is 4.42 Å². The minimum atomic E-state index is -3.69. The molecule has 0 spiro atoms. The van der Waals surface area contributed by atoms with E-state index in [0.717, 1.165) is 0 Å². The van der Waals surface area contributed by atoms with Crippen LogP contribution in [0.3, 0.4) is 0 Å². The predicted octanol–water partition coefficient (Wildman–Crippen LogP) is -0.0943. The van der Waals surface area contributed by atoms with Crippen molar-refractivity contribution in [1.29, 1.82) is 0 Å². The van der Waals surface area contributed by atoms with E-state index in [1.165, 1.54) is 27.4 Å². The Bertz CT molecular complexity index is 962. The van der Waals surface area contributed by atoms with Gasteiger partial charge in [-0.05, 0) is 31.2 Å². The van der Waals surface area contributed by atoms with Crippen LogP contribution in [-0.4, -0.2) is 80.2 Å². The highest BCUT2D eigenvalue weighted by Crippen LogP contribution is 2.21. The molecule has 1 fully saturated rings. The van der Waals surface area contributed by atoms with Gasteiger partial charge in [0.25, 0.3) is 0 Å². The quantitative estimate of drug-likeness (QED) is 0.792. The number of hydrogen-bond acceptors (Lipinski definition) is 6. The van der Waals surface area contributed by atoms with E-state index in [1.54, 1.807) is 14.1 Å². The standard InChI is InChI=1S/C16H22N4O5S/c1-18(2)15(21)11-19-6-3-7-20(9-8-19)26(23,24)12-4-5-14-13(10-12)17-16(22)25-14/h4-5,10H,3,6-9,11H2,1-2H3,(H,17,22). The molecule has 26 heavy (non-hydrogen) atoms. The Morgan fingerprint density at radius 2 is 2.00 bits per heavy atom. The molecule has 0 radical (unpaired) electrons. The number of rotatable bonds is 4. The summed E-state index contributed by atoms with van der Waals surface area (Å²) in [5, 5.41) is 0. The third kappa shape index (κ3) is 3.81. The van der Waals surface area contributed by atoms with Crippen LogP contribution in [0.5, 0.6) is 0 Å². The second-order valence-electron chi connectivity index (χ2n) is 6.49. The Morgan fingerprint density at radius 3 is 2.73 bits per heavy atom. The normalized spacial score (nSPS) is 17.3. The fraction of sp³-hybridized carbons (Fsp3) is 0.500. The molecule has 1 amide bonds. The number of likely N-dealkylation sites (N-methyl/N-ethyl adjacent to an activating group) is 1. The van der Waals surface area contributed by atoms with Crippen molar-refractivity contribution in [3.05, 3.63) is 28.7 Å². The van der Waals surface area contributed by atoms with Gasteiger partial charge >= 0.3 is 5.76 Å². The summed E-state index contributed by atoms with van der Waals surface area (Å²) in [6, 6.07) is 4.32. The van der Waals surface area contributed by atoms with Crippen LogP contribution >= 0.6 is 0 Å². The van der Waals surface area contributed by atoms with Crippen molar-refractivity contribution < 1.29 is 17.6 Å². The number of hydrogen-bond donors (Lipinski definition) is 1. The predicted molar refractivity (Wildman–Crippen MR) is 95.3 cm³/mol. The fourth-order valence-electron chi connectivity index (χ4n) is 2.92. The highest BCUT2D eigenvalue weighted by Gasteiger charge is 2.28. The van der Waals surface area contributed by atoms with Gasteiger partial charge in [-0.3, -0.25) is 14.7 Å². The van der Waals surface area contributed by atoms with Crippen LogP contribution in [0, 0.1) is 0 Å². The zero-order valence-corrected chi connectivity index (χ0v) is 15.6. The molecule has 0 atom stereocenters. The highest BCUT2D eigenvalue weighted by molar-refractivity contribution is 7.89. The van der Waals surface area contributed by atoms with Crippen molar-refractivity contribution in [2.75, 3.05) is 46.8 Å². The molecule has 2 heterocycles. The molecule has 1 aromatic carbocycles. The molecule has 2 aromatic rings. The molecule has 3 rings (SSSR count). The zero-order chi connectivity index (χ0) is 18.9. The summed E-state index contributed by atoms with van der Waals surface area (Å²) in [5.41, 5.74) is 0.669. The van der Waals surface area contributed by atoms with Gasteiger partial charge in [0, 0.05) is 33.7 Å². The molecule has 142 valence electrons. The molecule has 0 aliphatic carbocycles. The number of benzene rings is 1. The van der Waals surface area contributed by atoms with Gasteiger partial charge in [0.15, 0.2) is 5.58 Å². The first-order valence-electron chi connectivity index (χ1n) is 8.33. The number of nitrogens with zero attached hydrogens (tertiary/aromatic N) is 3. The Balaban J connectivity index is 1.76. The SMILES string of the molecule is CN(C)C(=O)CN1CCCN(S(=O)(=O)c2ccc3oc(=O)[nH]c3c2)CC1. The van der Waals surface area contributed by atoms with E-state index in [0.29, 0.717) is 43.7 Å². The van der Waals surface area contributed by atoms with E-state index in [2.05, 4.69) is 4.98 Å². The largest absolute Gasteiger partial charge is 0.417 e. The van der Waals surface area contributed by atoms with Crippen LogP contribution in [0.15, 0.2) is 32.3 Å². The highest BCUT2D eigenvalue weighted by atomic mass is 32.2. The number of carbonyl (C=O) groups is 1. The number of sulfonamides is 1. The lowest BCUT2D eigenvalue weighted by atomic mass is 10.3. The lowest BCUT2D eigenvalue weighted by Crippen LogP contribution is -2.39. The molecule has 0 saturated carbocycles. The Kier molecular flexibility index (Phi) is 5.17. The number of nitrogens with one attached hydrogen (secondary N) is 1. The van der Waals surface area contributed by atoms with Crippen molar-refractivity contribution in [1.82, 2.24) is 19.1 Å².